The van der Waals surface area contributed by atoms with Crippen LogP contribution in [0.2, 0.25) is 0 Å². The molecule has 0 bridgehead atoms. The van der Waals surface area contributed by atoms with Gasteiger partial charge in [0.15, 0.2) is 0 Å². The Hall–Kier alpha value is -2.40. The topological polar surface area (TPSA) is 65.5 Å². The summed E-state index contributed by atoms with van der Waals surface area (Å²) in [5, 5.41) is 12.1. The number of anilines is 2. The van der Waals surface area contributed by atoms with Crippen molar-refractivity contribution in [1.29, 1.82) is 0 Å². The molecule has 1 heterocycles. The highest BCUT2D eigenvalue weighted by Crippen LogP contribution is 2.19. The summed E-state index contributed by atoms with van der Waals surface area (Å²) in [6, 6.07) is 9.61. The Balaban J connectivity index is 2.14. The van der Waals surface area contributed by atoms with Gasteiger partial charge in [-0.05, 0) is 51.1 Å². The van der Waals surface area contributed by atoms with Crippen LogP contribution < -0.4 is 10.2 Å². The summed E-state index contributed by atoms with van der Waals surface area (Å²) >= 11 is 0. The third kappa shape index (κ3) is 4.07. The van der Waals surface area contributed by atoms with Gasteiger partial charge in [0.2, 0.25) is 0 Å². The van der Waals surface area contributed by atoms with Crippen molar-refractivity contribution in [3.05, 3.63) is 53.9 Å². The van der Waals surface area contributed by atoms with Crippen LogP contribution in [-0.2, 0) is 6.61 Å². The summed E-state index contributed by atoms with van der Waals surface area (Å²) in [6.07, 6.45) is 3.12. The van der Waals surface area contributed by atoms with Gasteiger partial charge in [0.25, 0.3) is 5.91 Å². The van der Waals surface area contributed by atoms with E-state index >= 15 is 0 Å². The highest BCUT2D eigenvalue weighted by Gasteiger charge is 2.11. The lowest BCUT2D eigenvalue weighted by atomic mass is 10.1. The molecular weight excluding hydrogens is 290 g/mol. The summed E-state index contributed by atoms with van der Waals surface area (Å²) in [6.45, 7) is 7.17. The van der Waals surface area contributed by atoms with Crippen molar-refractivity contribution < 1.29 is 9.90 Å². The molecule has 2 N–H and O–H groups in total. The normalized spacial score (nSPS) is 10.7. The number of aromatic nitrogens is 1. The number of hydrogen-bond donors (Lipinski definition) is 2. The number of benzene rings is 1. The molecule has 0 unspecified atom stereocenters. The molecule has 2 aromatic rings. The Morgan fingerprint density at radius 3 is 2.52 bits per heavy atom. The zero-order chi connectivity index (χ0) is 16.8. The summed E-state index contributed by atoms with van der Waals surface area (Å²) in [5.41, 5.74) is 2.83. The van der Waals surface area contributed by atoms with E-state index in [9.17, 15) is 9.90 Å². The fourth-order valence-electron chi connectivity index (χ4n) is 2.52. The highest BCUT2D eigenvalue weighted by atomic mass is 16.3. The molecule has 1 amide bonds. The third-order valence-electron chi connectivity index (χ3n) is 3.76. The SMILES string of the molecule is CCN(c1ccc(C(=O)Nc2cnccc2CO)cc1)C(C)C. The lowest BCUT2D eigenvalue weighted by Gasteiger charge is -2.27. The van der Waals surface area contributed by atoms with Crippen molar-refractivity contribution in [2.75, 3.05) is 16.8 Å². The number of carbonyl (C=O) groups is 1. The van der Waals surface area contributed by atoms with Crippen LogP contribution in [0.3, 0.4) is 0 Å². The van der Waals surface area contributed by atoms with Gasteiger partial charge in [-0.25, -0.2) is 0 Å². The molecule has 0 aliphatic carbocycles. The molecule has 1 aromatic heterocycles. The van der Waals surface area contributed by atoms with E-state index in [1.165, 1.54) is 6.20 Å². The largest absolute Gasteiger partial charge is 0.392 e. The Morgan fingerprint density at radius 1 is 1.26 bits per heavy atom. The average molecular weight is 313 g/mol. The van der Waals surface area contributed by atoms with Crippen LogP contribution in [0.4, 0.5) is 11.4 Å². The van der Waals surface area contributed by atoms with Gasteiger partial charge >= 0.3 is 0 Å². The van der Waals surface area contributed by atoms with Crippen molar-refractivity contribution in [2.24, 2.45) is 0 Å². The van der Waals surface area contributed by atoms with E-state index in [1.807, 2.05) is 24.3 Å². The number of nitrogens with one attached hydrogen (secondary N) is 1. The number of rotatable bonds is 6. The predicted molar refractivity (Wildman–Crippen MR) is 92.7 cm³/mol. The second-order valence-corrected chi connectivity index (χ2v) is 5.57. The summed E-state index contributed by atoms with van der Waals surface area (Å²) in [7, 11) is 0. The van der Waals surface area contributed by atoms with Crippen LogP contribution in [-0.4, -0.2) is 28.6 Å². The number of aliphatic hydroxyl groups excluding tert-OH is 1. The van der Waals surface area contributed by atoms with Gasteiger partial charge in [-0.15, -0.1) is 0 Å². The molecule has 0 spiro atoms. The highest BCUT2D eigenvalue weighted by molar-refractivity contribution is 6.04. The van der Waals surface area contributed by atoms with Gasteiger partial charge in [0.1, 0.15) is 0 Å². The molecule has 122 valence electrons. The fourth-order valence-corrected chi connectivity index (χ4v) is 2.52. The van der Waals surface area contributed by atoms with Crippen molar-refractivity contribution in [3.8, 4) is 0 Å². The Kier molecular flexibility index (Phi) is 5.71. The molecule has 1 aromatic carbocycles. The van der Waals surface area contributed by atoms with Gasteiger partial charge in [0, 0.05) is 35.6 Å². The van der Waals surface area contributed by atoms with E-state index in [-0.39, 0.29) is 12.5 Å². The van der Waals surface area contributed by atoms with Crippen LogP contribution in [0, 0.1) is 0 Å². The lowest BCUT2D eigenvalue weighted by Crippen LogP contribution is -2.30. The van der Waals surface area contributed by atoms with Crippen molar-refractivity contribution in [3.63, 3.8) is 0 Å². The van der Waals surface area contributed by atoms with Crippen LogP contribution >= 0.6 is 0 Å². The predicted octanol–water partition coefficient (Wildman–Crippen LogP) is 3.06. The van der Waals surface area contributed by atoms with Crippen LogP contribution in [0.5, 0.6) is 0 Å². The van der Waals surface area contributed by atoms with Gasteiger partial charge < -0.3 is 15.3 Å². The van der Waals surface area contributed by atoms with Crippen molar-refractivity contribution in [2.45, 2.75) is 33.4 Å². The van der Waals surface area contributed by atoms with Crippen molar-refractivity contribution >= 4 is 17.3 Å². The van der Waals surface area contributed by atoms with E-state index in [2.05, 4.69) is 36.0 Å². The zero-order valence-corrected chi connectivity index (χ0v) is 13.8. The molecule has 0 fully saturated rings. The van der Waals surface area contributed by atoms with E-state index in [1.54, 1.807) is 12.3 Å². The second-order valence-electron chi connectivity index (χ2n) is 5.57. The first-order valence-corrected chi connectivity index (χ1v) is 7.78. The number of pyridine rings is 1. The maximum absolute atomic E-state index is 12.3. The van der Waals surface area contributed by atoms with Gasteiger partial charge in [-0.3, -0.25) is 9.78 Å². The minimum atomic E-state index is -0.216. The van der Waals surface area contributed by atoms with Gasteiger partial charge in [-0.1, -0.05) is 0 Å². The molecule has 0 radical (unpaired) electrons. The van der Waals surface area contributed by atoms with Crippen LogP contribution in [0.25, 0.3) is 0 Å². The first-order chi connectivity index (χ1) is 11.1. The monoisotopic (exact) mass is 313 g/mol. The van der Waals surface area contributed by atoms with Crippen molar-refractivity contribution in [1.82, 2.24) is 4.98 Å². The molecule has 0 saturated heterocycles. The standard InChI is InChI=1S/C18H23N3O2/c1-4-21(13(2)3)16-7-5-14(6-8-16)18(23)20-17-11-19-10-9-15(17)12-22/h5-11,13,22H,4,12H2,1-3H3,(H,20,23). The molecule has 0 saturated carbocycles. The minimum absolute atomic E-state index is 0.142. The number of nitrogens with zero attached hydrogens (tertiary/aromatic N) is 2. The zero-order valence-electron chi connectivity index (χ0n) is 13.8. The van der Waals surface area contributed by atoms with Gasteiger partial charge in [0.05, 0.1) is 18.5 Å². The minimum Gasteiger partial charge on any atom is -0.392 e. The average Bonchev–Trinajstić information content (AvgIpc) is 2.56. The smallest absolute Gasteiger partial charge is 0.255 e. The molecule has 5 nitrogen and oxygen atoms in total. The quantitative estimate of drug-likeness (QED) is 0.860. The third-order valence-corrected chi connectivity index (χ3v) is 3.76. The molecule has 0 atom stereocenters. The maximum atomic E-state index is 12.3. The molecule has 0 aliphatic rings. The number of carbonyl (C=O) groups excluding carboxylic acids is 1. The molecule has 0 aliphatic heterocycles. The Labute approximate surface area is 137 Å². The Morgan fingerprint density at radius 2 is 1.96 bits per heavy atom. The molecule has 5 heteroatoms. The fraction of sp³-hybridized carbons (Fsp3) is 0.333. The first-order valence-electron chi connectivity index (χ1n) is 7.78. The number of amides is 1. The lowest BCUT2D eigenvalue weighted by molar-refractivity contribution is 0.102. The van der Waals surface area contributed by atoms with Crippen LogP contribution in [0.15, 0.2) is 42.7 Å². The number of aliphatic hydroxyl groups is 1. The van der Waals surface area contributed by atoms with E-state index in [4.69, 9.17) is 0 Å². The summed E-state index contributed by atoms with van der Waals surface area (Å²) < 4.78 is 0. The number of hydrogen-bond acceptors (Lipinski definition) is 4. The maximum Gasteiger partial charge on any atom is 0.255 e. The molecule has 2 rings (SSSR count). The Bertz CT molecular complexity index is 654. The first kappa shape index (κ1) is 17.0. The summed E-state index contributed by atoms with van der Waals surface area (Å²) in [4.78, 5) is 18.6. The molecule has 23 heavy (non-hydrogen) atoms. The van der Waals surface area contributed by atoms with Crippen LogP contribution in [0.1, 0.15) is 36.7 Å². The second kappa shape index (κ2) is 7.74. The van der Waals surface area contributed by atoms with E-state index in [0.717, 1.165) is 12.2 Å². The van der Waals surface area contributed by atoms with Gasteiger partial charge in [-0.2, -0.15) is 0 Å². The summed E-state index contributed by atoms with van der Waals surface area (Å²) in [5.74, 6) is -0.216. The van der Waals surface area contributed by atoms with E-state index < -0.39 is 0 Å². The van der Waals surface area contributed by atoms with E-state index in [0.29, 0.717) is 22.9 Å². The molecular formula is C18H23N3O2.